The summed E-state index contributed by atoms with van der Waals surface area (Å²) in [6.45, 7) is 4.04. The standard InChI is InChI=1S/C14H20N2O3S2/c1-14(2,19-3)9-16-21(17,18)13-10-6-4-5-7-11(10)20-12(13)8-15/h4-7,16H,8-9,15H2,1-3H3. The molecule has 7 heteroatoms. The van der Waals surface area contributed by atoms with Gasteiger partial charge in [0.1, 0.15) is 4.90 Å². The van der Waals surface area contributed by atoms with Gasteiger partial charge in [0.15, 0.2) is 0 Å². The van der Waals surface area contributed by atoms with Crippen molar-refractivity contribution in [3.05, 3.63) is 29.1 Å². The van der Waals surface area contributed by atoms with Crippen molar-refractivity contribution in [1.29, 1.82) is 0 Å². The molecule has 3 N–H and O–H groups in total. The van der Waals surface area contributed by atoms with Crippen molar-refractivity contribution >= 4 is 31.4 Å². The van der Waals surface area contributed by atoms with Gasteiger partial charge in [0, 0.05) is 35.2 Å². The first-order chi connectivity index (χ1) is 9.80. The summed E-state index contributed by atoms with van der Waals surface area (Å²) in [7, 11) is -2.07. The Labute approximate surface area is 129 Å². The van der Waals surface area contributed by atoms with Crippen LogP contribution in [0.4, 0.5) is 0 Å². The normalized spacial score (nSPS) is 13.0. The minimum atomic E-state index is -3.63. The van der Waals surface area contributed by atoms with Gasteiger partial charge in [-0.25, -0.2) is 13.1 Å². The molecular weight excluding hydrogens is 308 g/mol. The molecule has 2 rings (SSSR count). The average molecular weight is 328 g/mol. The Morgan fingerprint density at radius 3 is 2.62 bits per heavy atom. The van der Waals surface area contributed by atoms with Crippen LogP contribution in [0.15, 0.2) is 29.2 Å². The lowest BCUT2D eigenvalue weighted by Crippen LogP contribution is -2.39. The molecule has 116 valence electrons. The van der Waals surface area contributed by atoms with Crippen molar-refractivity contribution < 1.29 is 13.2 Å². The fraction of sp³-hybridized carbons (Fsp3) is 0.429. The summed E-state index contributed by atoms with van der Waals surface area (Å²) in [5.74, 6) is 0. The molecule has 21 heavy (non-hydrogen) atoms. The maximum atomic E-state index is 12.6. The SMILES string of the molecule is COC(C)(C)CNS(=O)(=O)c1c(CN)sc2ccccc12. The minimum absolute atomic E-state index is 0.194. The molecule has 0 atom stereocenters. The summed E-state index contributed by atoms with van der Waals surface area (Å²) in [5, 5.41) is 0.714. The maximum Gasteiger partial charge on any atom is 0.242 e. The number of sulfonamides is 1. The van der Waals surface area contributed by atoms with E-state index in [0.717, 1.165) is 4.70 Å². The quantitative estimate of drug-likeness (QED) is 0.850. The summed E-state index contributed by atoms with van der Waals surface area (Å²) in [6.07, 6.45) is 0. The number of hydrogen-bond acceptors (Lipinski definition) is 5. The number of nitrogens with one attached hydrogen (secondary N) is 1. The topological polar surface area (TPSA) is 81.4 Å². The third-order valence-electron chi connectivity index (χ3n) is 3.31. The zero-order valence-corrected chi connectivity index (χ0v) is 14.0. The minimum Gasteiger partial charge on any atom is -0.377 e. The molecule has 0 fully saturated rings. The second-order valence-corrected chi connectivity index (χ2v) is 8.18. The van der Waals surface area contributed by atoms with Crippen LogP contribution in [0.1, 0.15) is 18.7 Å². The van der Waals surface area contributed by atoms with Crippen molar-refractivity contribution in [3.63, 3.8) is 0 Å². The van der Waals surface area contributed by atoms with Crippen LogP contribution in [0.3, 0.4) is 0 Å². The van der Waals surface area contributed by atoms with Gasteiger partial charge in [-0.2, -0.15) is 0 Å². The van der Waals surface area contributed by atoms with Gasteiger partial charge in [-0.05, 0) is 19.9 Å². The Bertz CT molecular complexity index is 736. The summed E-state index contributed by atoms with van der Waals surface area (Å²) in [5.41, 5.74) is 5.15. The second kappa shape index (κ2) is 6.02. The third-order valence-corrected chi connectivity index (χ3v) is 6.16. The number of rotatable bonds is 6. The molecule has 0 aliphatic heterocycles. The first kappa shape index (κ1) is 16.4. The van der Waals surface area contributed by atoms with Crippen molar-refractivity contribution in [2.75, 3.05) is 13.7 Å². The lowest BCUT2D eigenvalue weighted by atomic mass is 10.1. The van der Waals surface area contributed by atoms with Crippen LogP contribution < -0.4 is 10.5 Å². The van der Waals surface area contributed by atoms with Crippen LogP contribution in [-0.4, -0.2) is 27.7 Å². The zero-order valence-electron chi connectivity index (χ0n) is 12.3. The molecule has 5 nitrogen and oxygen atoms in total. The fourth-order valence-corrected chi connectivity index (χ4v) is 4.94. The lowest BCUT2D eigenvalue weighted by molar-refractivity contribution is 0.0276. The van der Waals surface area contributed by atoms with E-state index >= 15 is 0 Å². The molecule has 0 radical (unpaired) electrons. The summed E-state index contributed by atoms with van der Waals surface area (Å²) >= 11 is 1.41. The molecule has 0 aliphatic carbocycles. The first-order valence-electron chi connectivity index (χ1n) is 6.56. The summed E-state index contributed by atoms with van der Waals surface area (Å²) in [6, 6.07) is 7.42. The average Bonchev–Trinajstić information content (AvgIpc) is 2.84. The van der Waals surface area contributed by atoms with Gasteiger partial charge in [-0.3, -0.25) is 0 Å². The Kier molecular flexibility index (Phi) is 4.69. The van der Waals surface area contributed by atoms with Crippen molar-refractivity contribution in [2.24, 2.45) is 5.73 Å². The zero-order chi connectivity index (χ0) is 15.7. The van der Waals surface area contributed by atoms with Gasteiger partial charge in [-0.1, -0.05) is 18.2 Å². The van der Waals surface area contributed by atoms with Crippen LogP contribution in [-0.2, 0) is 21.3 Å². The molecule has 1 aromatic heterocycles. The predicted octanol–water partition coefficient (Wildman–Crippen LogP) is 2.06. The molecule has 1 aromatic carbocycles. The van der Waals surface area contributed by atoms with Crippen molar-refractivity contribution in [2.45, 2.75) is 30.9 Å². The van der Waals surface area contributed by atoms with Crippen LogP contribution in [0, 0.1) is 0 Å². The summed E-state index contributed by atoms with van der Waals surface area (Å²) in [4.78, 5) is 0.955. The van der Waals surface area contributed by atoms with Gasteiger partial charge in [0.25, 0.3) is 0 Å². The number of hydrogen-bond donors (Lipinski definition) is 2. The van der Waals surface area contributed by atoms with E-state index in [1.54, 1.807) is 13.2 Å². The number of nitrogens with two attached hydrogens (primary N) is 1. The van der Waals surface area contributed by atoms with E-state index in [1.165, 1.54) is 11.3 Å². The van der Waals surface area contributed by atoms with Gasteiger partial charge in [-0.15, -0.1) is 11.3 Å². The van der Waals surface area contributed by atoms with E-state index in [-0.39, 0.29) is 18.0 Å². The van der Waals surface area contributed by atoms with Crippen LogP contribution in [0.5, 0.6) is 0 Å². The van der Waals surface area contributed by atoms with Gasteiger partial charge < -0.3 is 10.5 Å². The van der Waals surface area contributed by atoms with Crippen molar-refractivity contribution in [3.8, 4) is 0 Å². The number of thiophene rings is 1. The monoisotopic (exact) mass is 328 g/mol. The molecule has 0 amide bonds. The number of fused-ring (bicyclic) bond motifs is 1. The van der Waals surface area contributed by atoms with Crippen LogP contribution >= 0.6 is 11.3 Å². The molecule has 2 aromatic rings. The largest absolute Gasteiger partial charge is 0.377 e. The molecule has 0 spiro atoms. The molecule has 0 aliphatic rings. The van der Waals surface area contributed by atoms with E-state index in [9.17, 15) is 8.42 Å². The van der Waals surface area contributed by atoms with Crippen molar-refractivity contribution in [1.82, 2.24) is 4.72 Å². The van der Waals surface area contributed by atoms with Crippen LogP contribution in [0.2, 0.25) is 0 Å². The number of ether oxygens (including phenoxy) is 1. The fourth-order valence-electron chi connectivity index (χ4n) is 1.91. The van der Waals surface area contributed by atoms with E-state index in [0.29, 0.717) is 10.3 Å². The van der Waals surface area contributed by atoms with E-state index in [1.807, 2.05) is 32.0 Å². The third kappa shape index (κ3) is 3.44. The molecule has 1 heterocycles. The Morgan fingerprint density at radius 2 is 2.00 bits per heavy atom. The van der Waals surface area contributed by atoms with E-state index in [4.69, 9.17) is 10.5 Å². The highest BCUT2D eigenvalue weighted by Crippen LogP contribution is 2.34. The smallest absolute Gasteiger partial charge is 0.242 e. The molecular formula is C14H20N2O3S2. The van der Waals surface area contributed by atoms with Gasteiger partial charge in [0.2, 0.25) is 10.0 Å². The van der Waals surface area contributed by atoms with E-state index in [2.05, 4.69) is 4.72 Å². The van der Waals surface area contributed by atoms with Crippen LogP contribution in [0.25, 0.3) is 10.1 Å². The highest BCUT2D eigenvalue weighted by molar-refractivity contribution is 7.90. The molecule has 0 bridgehead atoms. The number of methoxy groups -OCH3 is 1. The molecule has 0 saturated carbocycles. The Hall–Kier alpha value is -0.990. The lowest BCUT2D eigenvalue weighted by Gasteiger charge is -2.23. The van der Waals surface area contributed by atoms with Gasteiger partial charge >= 0.3 is 0 Å². The highest BCUT2D eigenvalue weighted by atomic mass is 32.2. The van der Waals surface area contributed by atoms with Gasteiger partial charge in [0.05, 0.1) is 5.60 Å². The predicted molar refractivity (Wildman–Crippen MR) is 86.0 cm³/mol. The first-order valence-corrected chi connectivity index (χ1v) is 8.86. The molecule has 0 unspecified atom stereocenters. The number of benzene rings is 1. The maximum absolute atomic E-state index is 12.6. The van der Waals surface area contributed by atoms with E-state index < -0.39 is 15.6 Å². The Balaban J connectivity index is 2.44. The molecule has 0 saturated heterocycles. The summed E-state index contributed by atoms with van der Waals surface area (Å²) < 4.78 is 34.1. The Morgan fingerprint density at radius 1 is 1.33 bits per heavy atom. The highest BCUT2D eigenvalue weighted by Gasteiger charge is 2.26. The second-order valence-electron chi connectivity index (χ2n) is 5.34.